The molecule has 2 N–H and O–H groups in total. The lowest BCUT2D eigenvalue weighted by atomic mass is 10.2. The van der Waals surface area contributed by atoms with Crippen LogP contribution in [0.2, 0.25) is 0 Å². The average molecular weight is 479 g/mol. The Hall–Kier alpha value is -4.02. The Labute approximate surface area is 201 Å². The van der Waals surface area contributed by atoms with Crippen molar-refractivity contribution < 1.29 is 4.79 Å². The third-order valence-electron chi connectivity index (χ3n) is 5.85. The van der Waals surface area contributed by atoms with Crippen LogP contribution in [0.25, 0.3) is 16.9 Å². The van der Waals surface area contributed by atoms with Crippen LogP contribution in [-0.4, -0.2) is 39.8 Å². The number of para-hydroxylation sites is 2. The molecule has 0 fully saturated rings. The van der Waals surface area contributed by atoms with Crippen LogP contribution in [0.3, 0.4) is 0 Å². The van der Waals surface area contributed by atoms with Crippen molar-refractivity contribution in [3.05, 3.63) is 63.6 Å². The van der Waals surface area contributed by atoms with Crippen LogP contribution in [0.4, 0.5) is 5.69 Å². The van der Waals surface area contributed by atoms with E-state index in [1.54, 1.807) is 17.1 Å². The topological polar surface area (TPSA) is 132 Å². The van der Waals surface area contributed by atoms with Gasteiger partial charge in [0.2, 0.25) is 5.91 Å². The third-order valence-corrected chi connectivity index (χ3v) is 5.85. The molecular weight excluding hydrogens is 448 g/mol. The smallest absolute Gasteiger partial charge is 0.324 e. The maximum atomic E-state index is 12.9. The quantitative estimate of drug-likeness (QED) is 0.341. The van der Waals surface area contributed by atoms with E-state index in [0.29, 0.717) is 47.9 Å². The van der Waals surface area contributed by atoms with Crippen molar-refractivity contribution in [3.63, 3.8) is 0 Å². The molecule has 4 rings (SSSR count). The first kappa shape index (κ1) is 24.1. The fourth-order valence-electron chi connectivity index (χ4n) is 4.04. The normalized spacial score (nSPS) is 11.3. The highest BCUT2D eigenvalue weighted by atomic mass is 16.2. The summed E-state index contributed by atoms with van der Waals surface area (Å²) in [7, 11) is 0. The van der Waals surface area contributed by atoms with Gasteiger partial charge in [-0.1, -0.05) is 38.8 Å². The van der Waals surface area contributed by atoms with Crippen LogP contribution in [0.5, 0.6) is 0 Å². The molecule has 0 aliphatic heterocycles. The van der Waals surface area contributed by atoms with Gasteiger partial charge < -0.3 is 9.88 Å². The minimum Gasteiger partial charge on any atom is -0.324 e. The fourth-order valence-corrected chi connectivity index (χ4v) is 4.04. The number of nitrogens with zero attached hydrogens (tertiary/aromatic N) is 6. The molecular formula is C24H30N8O3. The first-order valence-electron chi connectivity index (χ1n) is 12.0. The summed E-state index contributed by atoms with van der Waals surface area (Å²) in [5, 5.41) is 7.08. The molecule has 184 valence electrons. The summed E-state index contributed by atoms with van der Waals surface area (Å²) in [6.07, 6.45) is 6.99. The maximum Gasteiger partial charge on any atom is 0.330 e. The van der Waals surface area contributed by atoms with Crippen LogP contribution >= 0.6 is 0 Å². The van der Waals surface area contributed by atoms with Gasteiger partial charge in [0, 0.05) is 25.9 Å². The number of carbonyl (C=O) groups is 1. The molecule has 0 saturated carbocycles. The molecule has 0 aliphatic rings. The standard InChI is InChI=1S/C24H30N8O3/c1-3-5-13-30-19(28-22-21(30)23(34)29-24(35)31(22)14-6-4-2)11-12-20(33)27-17-9-7-8-10-18(17)32-16-25-15-26-32/h7-10,15-16H,3-6,11-14H2,1-2H3,(H,27,33)(H,29,34,35). The van der Waals surface area contributed by atoms with Crippen molar-refractivity contribution >= 4 is 22.8 Å². The molecule has 1 amide bonds. The van der Waals surface area contributed by atoms with Gasteiger partial charge in [-0.2, -0.15) is 5.10 Å². The number of anilines is 1. The van der Waals surface area contributed by atoms with Gasteiger partial charge in [-0.25, -0.2) is 19.4 Å². The summed E-state index contributed by atoms with van der Waals surface area (Å²) in [4.78, 5) is 49.1. The Kier molecular flexibility index (Phi) is 7.54. The predicted molar refractivity (Wildman–Crippen MR) is 133 cm³/mol. The Morgan fingerprint density at radius 1 is 1.06 bits per heavy atom. The second-order valence-electron chi connectivity index (χ2n) is 8.38. The molecule has 1 aromatic carbocycles. The first-order chi connectivity index (χ1) is 17.0. The summed E-state index contributed by atoms with van der Waals surface area (Å²) < 4.78 is 4.97. The summed E-state index contributed by atoms with van der Waals surface area (Å²) in [5.41, 5.74) is 1.20. The molecule has 11 heteroatoms. The number of nitrogens with one attached hydrogen (secondary N) is 2. The lowest BCUT2D eigenvalue weighted by Gasteiger charge is -2.11. The zero-order valence-electron chi connectivity index (χ0n) is 20.0. The average Bonchev–Trinajstić information content (AvgIpc) is 3.50. The molecule has 0 saturated heterocycles. The number of hydrogen-bond acceptors (Lipinski definition) is 6. The number of aryl methyl sites for hydroxylation is 3. The van der Waals surface area contributed by atoms with Crippen LogP contribution < -0.4 is 16.6 Å². The number of fused-ring (bicyclic) bond motifs is 1. The van der Waals surface area contributed by atoms with Gasteiger partial charge in [0.25, 0.3) is 5.56 Å². The SMILES string of the molecule is CCCCn1c(CCC(=O)Nc2ccccc2-n2cncn2)nc2c1c(=O)[nH]c(=O)n2CCCC. The number of aromatic amines is 1. The molecule has 0 bridgehead atoms. The van der Waals surface area contributed by atoms with E-state index in [2.05, 4.69) is 32.3 Å². The lowest BCUT2D eigenvalue weighted by Crippen LogP contribution is -2.31. The Balaban J connectivity index is 1.60. The predicted octanol–water partition coefficient (Wildman–Crippen LogP) is 2.64. The Bertz CT molecular complexity index is 1420. The van der Waals surface area contributed by atoms with E-state index >= 15 is 0 Å². The molecule has 4 aromatic rings. The maximum absolute atomic E-state index is 12.9. The van der Waals surface area contributed by atoms with Crippen LogP contribution in [-0.2, 0) is 24.3 Å². The Morgan fingerprint density at radius 2 is 1.80 bits per heavy atom. The van der Waals surface area contributed by atoms with E-state index in [9.17, 15) is 14.4 Å². The molecule has 0 unspecified atom stereocenters. The molecule has 3 heterocycles. The highest BCUT2D eigenvalue weighted by Gasteiger charge is 2.19. The van der Waals surface area contributed by atoms with Gasteiger partial charge in [0.15, 0.2) is 11.2 Å². The Morgan fingerprint density at radius 3 is 2.51 bits per heavy atom. The van der Waals surface area contributed by atoms with Gasteiger partial charge in [-0.15, -0.1) is 0 Å². The van der Waals surface area contributed by atoms with E-state index in [4.69, 9.17) is 0 Å². The largest absolute Gasteiger partial charge is 0.330 e. The number of hydrogen-bond donors (Lipinski definition) is 2. The number of rotatable bonds is 11. The van der Waals surface area contributed by atoms with Crippen molar-refractivity contribution in [1.82, 2.24) is 33.9 Å². The number of amides is 1. The second kappa shape index (κ2) is 10.9. The van der Waals surface area contributed by atoms with Gasteiger partial charge in [0.05, 0.1) is 11.4 Å². The van der Waals surface area contributed by atoms with Gasteiger partial charge in [-0.05, 0) is 25.0 Å². The summed E-state index contributed by atoms with van der Waals surface area (Å²) >= 11 is 0. The number of H-pyrrole nitrogens is 1. The van der Waals surface area contributed by atoms with Crippen molar-refractivity contribution in [3.8, 4) is 5.69 Å². The highest BCUT2D eigenvalue weighted by molar-refractivity contribution is 5.92. The number of benzene rings is 1. The van der Waals surface area contributed by atoms with E-state index in [1.807, 2.05) is 29.7 Å². The van der Waals surface area contributed by atoms with E-state index in [-0.39, 0.29) is 12.3 Å². The van der Waals surface area contributed by atoms with Crippen LogP contribution in [0.15, 0.2) is 46.5 Å². The van der Waals surface area contributed by atoms with Crippen molar-refractivity contribution in [2.75, 3.05) is 5.32 Å². The van der Waals surface area contributed by atoms with Crippen LogP contribution in [0, 0.1) is 0 Å². The van der Waals surface area contributed by atoms with Gasteiger partial charge in [-0.3, -0.25) is 19.1 Å². The monoisotopic (exact) mass is 478 g/mol. The zero-order valence-corrected chi connectivity index (χ0v) is 20.0. The molecule has 35 heavy (non-hydrogen) atoms. The zero-order chi connectivity index (χ0) is 24.8. The highest BCUT2D eigenvalue weighted by Crippen LogP contribution is 2.20. The van der Waals surface area contributed by atoms with E-state index in [0.717, 1.165) is 25.7 Å². The van der Waals surface area contributed by atoms with Crippen molar-refractivity contribution in [1.29, 1.82) is 0 Å². The number of carbonyl (C=O) groups excluding carboxylic acids is 1. The van der Waals surface area contributed by atoms with Crippen molar-refractivity contribution in [2.24, 2.45) is 0 Å². The second-order valence-corrected chi connectivity index (χ2v) is 8.38. The molecule has 3 aromatic heterocycles. The summed E-state index contributed by atoms with van der Waals surface area (Å²) in [6.45, 7) is 5.18. The molecule has 0 atom stereocenters. The van der Waals surface area contributed by atoms with Crippen LogP contribution in [0.1, 0.15) is 51.8 Å². The van der Waals surface area contributed by atoms with Gasteiger partial charge in [0.1, 0.15) is 18.5 Å². The summed E-state index contributed by atoms with van der Waals surface area (Å²) in [6, 6.07) is 7.34. The number of imidazole rings is 1. The summed E-state index contributed by atoms with van der Waals surface area (Å²) in [5.74, 6) is 0.429. The first-order valence-corrected chi connectivity index (χ1v) is 12.0. The third kappa shape index (κ3) is 5.23. The van der Waals surface area contributed by atoms with E-state index in [1.165, 1.54) is 10.9 Å². The number of unbranched alkanes of at least 4 members (excludes halogenated alkanes) is 2. The van der Waals surface area contributed by atoms with E-state index < -0.39 is 11.2 Å². The fraction of sp³-hybridized carbons (Fsp3) is 0.417. The number of aromatic nitrogens is 7. The lowest BCUT2D eigenvalue weighted by molar-refractivity contribution is -0.116. The molecule has 11 nitrogen and oxygen atoms in total. The van der Waals surface area contributed by atoms with Crippen molar-refractivity contribution in [2.45, 2.75) is 65.5 Å². The molecule has 0 aliphatic carbocycles. The van der Waals surface area contributed by atoms with Gasteiger partial charge >= 0.3 is 5.69 Å². The molecule has 0 spiro atoms. The molecule has 0 radical (unpaired) electrons. The minimum atomic E-state index is -0.454. The minimum absolute atomic E-state index is 0.165.